The maximum atomic E-state index is 5.95. The molecular formula is C19H37N3O2. The molecule has 0 aliphatic carbocycles. The molecule has 0 bridgehead atoms. The number of nitrogens with one attached hydrogen (secondary N) is 1. The summed E-state index contributed by atoms with van der Waals surface area (Å²) in [5.74, 6) is 1.78. The van der Waals surface area contributed by atoms with E-state index in [0.717, 1.165) is 57.6 Å². The quantitative estimate of drug-likeness (QED) is 0.545. The van der Waals surface area contributed by atoms with Gasteiger partial charge < -0.3 is 19.7 Å². The van der Waals surface area contributed by atoms with E-state index in [2.05, 4.69) is 29.1 Å². The van der Waals surface area contributed by atoms with E-state index in [1.807, 2.05) is 7.05 Å². The van der Waals surface area contributed by atoms with E-state index in [1.165, 1.54) is 32.1 Å². The van der Waals surface area contributed by atoms with Gasteiger partial charge in [-0.25, -0.2) is 0 Å². The number of guanidine groups is 1. The van der Waals surface area contributed by atoms with Gasteiger partial charge in [-0.3, -0.25) is 4.99 Å². The second-order valence-corrected chi connectivity index (χ2v) is 7.13. The first-order chi connectivity index (χ1) is 11.8. The lowest BCUT2D eigenvalue weighted by Crippen LogP contribution is -2.53. The highest BCUT2D eigenvalue weighted by Crippen LogP contribution is 2.21. The number of nitrogens with zero attached hydrogens (tertiary/aromatic N) is 2. The molecule has 2 fully saturated rings. The highest BCUT2D eigenvalue weighted by molar-refractivity contribution is 5.80. The average Bonchev–Trinajstić information content (AvgIpc) is 3.15. The van der Waals surface area contributed by atoms with Gasteiger partial charge in [-0.05, 0) is 31.6 Å². The van der Waals surface area contributed by atoms with Gasteiger partial charge in [0.05, 0.1) is 12.7 Å². The van der Waals surface area contributed by atoms with Crippen molar-refractivity contribution in [3.05, 3.63) is 0 Å². The van der Waals surface area contributed by atoms with Gasteiger partial charge in [-0.1, -0.05) is 33.1 Å². The second-order valence-electron chi connectivity index (χ2n) is 7.13. The van der Waals surface area contributed by atoms with Crippen molar-refractivity contribution in [2.45, 2.75) is 71.0 Å². The van der Waals surface area contributed by atoms with E-state index in [-0.39, 0.29) is 12.2 Å². The Bertz CT molecular complexity index is 370. The molecule has 0 amide bonds. The van der Waals surface area contributed by atoms with E-state index in [0.29, 0.717) is 0 Å². The molecule has 0 aromatic rings. The summed E-state index contributed by atoms with van der Waals surface area (Å²) in [6.07, 6.45) is 9.21. The second kappa shape index (κ2) is 10.9. The Hall–Kier alpha value is -0.810. The molecular weight excluding hydrogens is 302 g/mol. The lowest BCUT2D eigenvalue weighted by molar-refractivity contribution is -0.0817. The molecule has 3 unspecified atom stereocenters. The maximum Gasteiger partial charge on any atom is 0.193 e. The van der Waals surface area contributed by atoms with Gasteiger partial charge in [0, 0.05) is 33.3 Å². The van der Waals surface area contributed by atoms with Crippen LogP contribution in [0.15, 0.2) is 4.99 Å². The molecule has 0 aromatic heterocycles. The lowest BCUT2D eigenvalue weighted by atomic mass is 9.97. The maximum absolute atomic E-state index is 5.95. The summed E-state index contributed by atoms with van der Waals surface area (Å²) in [4.78, 5) is 6.87. The molecule has 0 aromatic carbocycles. The molecule has 2 aliphatic rings. The molecule has 2 saturated heterocycles. The van der Waals surface area contributed by atoms with Gasteiger partial charge >= 0.3 is 0 Å². The Balaban J connectivity index is 1.83. The highest BCUT2D eigenvalue weighted by atomic mass is 16.5. The number of morpholine rings is 1. The van der Waals surface area contributed by atoms with Gasteiger partial charge in [0.1, 0.15) is 6.10 Å². The predicted molar refractivity (Wildman–Crippen MR) is 99.6 cm³/mol. The average molecular weight is 340 g/mol. The summed E-state index contributed by atoms with van der Waals surface area (Å²) in [7, 11) is 1.89. The van der Waals surface area contributed by atoms with Gasteiger partial charge in [-0.2, -0.15) is 0 Å². The summed E-state index contributed by atoms with van der Waals surface area (Å²) < 4.78 is 11.8. The van der Waals surface area contributed by atoms with Gasteiger partial charge in [0.2, 0.25) is 0 Å². The minimum Gasteiger partial charge on any atom is -0.375 e. The van der Waals surface area contributed by atoms with Crippen molar-refractivity contribution in [3.63, 3.8) is 0 Å². The molecule has 0 radical (unpaired) electrons. The van der Waals surface area contributed by atoms with Crippen molar-refractivity contribution < 1.29 is 9.47 Å². The van der Waals surface area contributed by atoms with Crippen LogP contribution in [0.5, 0.6) is 0 Å². The number of unbranched alkanes of at least 4 members (excludes halogenated alkanes) is 1. The van der Waals surface area contributed by atoms with Crippen molar-refractivity contribution >= 4 is 5.96 Å². The van der Waals surface area contributed by atoms with Crippen LogP contribution in [-0.2, 0) is 9.47 Å². The zero-order valence-electron chi connectivity index (χ0n) is 15.9. The van der Waals surface area contributed by atoms with Crippen LogP contribution >= 0.6 is 0 Å². The summed E-state index contributed by atoms with van der Waals surface area (Å²) in [5, 5.41) is 3.62. The molecule has 5 heteroatoms. The number of ether oxygens (including phenoxy) is 2. The van der Waals surface area contributed by atoms with E-state index in [1.54, 1.807) is 0 Å². The van der Waals surface area contributed by atoms with Crippen molar-refractivity contribution in [1.82, 2.24) is 10.2 Å². The fourth-order valence-corrected chi connectivity index (χ4v) is 3.81. The van der Waals surface area contributed by atoms with Crippen LogP contribution < -0.4 is 5.32 Å². The smallest absolute Gasteiger partial charge is 0.193 e. The van der Waals surface area contributed by atoms with E-state index in [4.69, 9.17) is 9.47 Å². The molecule has 1 N–H and O–H groups in total. The van der Waals surface area contributed by atoms with Gasteiger partial charge in [0.25, 0.3) is 0 Å². The first-order valence-corrected chi connectivity index (χ1v) is 9.97. The standard InChI is InChI=1S/C19H37N3O2/c1-4-6-9-16(8-5-2)14-21-19(20-3)22-11-13-24-18(15-22)17-10-7-12-23-17/h16-18H,4-15H2,1-3H3,(H,20,21). The Morgan fingerprint density at radius 1 is 1.17 bits per heavy atom. The normalized spacial score (nSPS) is 26.6. The number of hydrogen-bond donors (Lipinski definition) is 1. The molecule has 2 rings (SSSR count). The van der Waals surface area contributed by atoms with Crippen molar-refractivity contribution in [1.29, 1.82) is 0 Å². The summed E-state index contributed by atoms with van der Waals surface area (Å²) in [5.41, 5.74) is 0. The fraction of sp³-hybridized carbons (Fsp3) is 0.947. The highest BCUT2D eigenvalue weighted by Gasteiger charge is 2.32. The molecule has 2 heterocycles. The Labute approximate surface area is 148 Å². The molecule has 0 saturated carbocycles. The lowest BCUT2D eigenvalue weighted by Gasteiger charge is -2.37. The van der Waals surface area contributed by atoms with E-state index >= 15 is 0 Å². The molecule has 3 atom stereocenters. The predicted octanol–water partition coefficient (Wildman–Crippen LogP) is 3.05. The largest absolute Gasteiger partial charge is 0.375 e. The molecule has 24 heavy (non-hydrogen) atoms. The summed E-state index contributed by atoms with van der Waals surface area (Å²) in [6, 6.07) is 0. The van der Waals surface area contributed by atoms with Crippen molar-refractivity contribution in [3.8, 4) is 0 Å². The first kappa shape index (κ1) is 19.5. The number of aliphatic imine (C=N–C) groups is 1. The fourth-order valence-electron chi connectivity index (χ4n) is 3.81. The summed E-state index contributed by atoms with van der Waals surface area (Å²) in [6.45, 7) is 9.03. The van der Waals surface area contributed by atoms with E-state index in [9.17, 15) is 0 Å². The van der Waals surface area contributed by atoms with Crippen molar-refractivity contribution in [2.75, 3.05) is 39.9 Å². The van der Waals surface area contributed by atoms with Crippen LogP contribution in [0.2, 0.25) is 0 Å². The minimum atomic E-state index is 0.186. The monoisotopic (exact) mass is 339 g/mol. The SMILES string of the molecule is CCCCC(CCC)CNC(=NC)N1CCOC(C2CCCO2)C1. The summed E-state index contributed by atoms with van der Waals surface area (Å²) >= 11 is 0. The number of rotatable bonds is 8. The number of hydrogen-bond acceptors (Lipinski definition) is 3. The Kier molecular flexibility index (Phi) is 8.89. The van der Waals surface area contributed by atoms with Crippen LogP contribution in [0.3, 0.4) is 0 Å². The Morgan fingerprint density at radius 3 is 2.67 bits per heavy atom. The third-order valence-corrected chi connectivity index (χ3v) is 5.20. The van der Waals surface area contributed by atoms with Crippen LogP contribution in [-0.4, -0.2) is 63.0 Å². The molecule has 2 aliphatic heterocycles. The third kappa shape index (κ3) is 5.92. The van der Waals surface area contributed by atoms with Crippen LogP contribution in [0.4, 0.5) is 0 Å². The zero-order valence-corrected chi connectivity index (χ0v) is 15.9. The van der Waals surface area contributed by atoms with Crippen molar-refractivity contribution in [2.24, 2.45) is 10.9 Å². The Morgan fingerprint density at radius 2 is 2.00 bits per heavy atom. The van der Waals surface area contributed by atoms with Crippen LogP contribution in [0.1, 0.15) is 58.8 Å². The molecule has 140 valence electrons. The van der Waals surface area contributed by atoms with Gasteiger partial charge in [0.15, 0.2) is 5.96 Å². The molecule has 0 spiro atoms. The van der Waals surface area contributed by atoms with Crippen LogP contribution in [0, 0.1) is 5.92 Å². The zero-order chi connectivity index (χ0) is 17.2. The minimum absolute atomic E-state index is 0.186. The van der Waals surface area contributed by atoms with E-state index < -0.39 is 0 Å². The third-order valence-electron chi connectivity index (χ3n) is 5.20. The van der Waals surface area contributed by atoms with Gasteiger partial charge in [-0.15, -0.1) is 0 Å². The van der Waals surface area contributed by atoms with Crippen LogP contribution in [0.25, 0.3) is 0 Å². The topological polar surface area (TPSA) is 46.1 Å². The first-order valence-electron chi connectivity index (χ1n) is 9.97. The molecule has 5 nitrogen and oxygen atoms in total.